The summed E-state index contributed by atoms with van der Waals surface area (Å²) in [5.74, 6) is 1.71. The number of amides is 1. The lowest BCUT2D eigenvalue weighted by atomic mass is 10.1. The Bertz CT molecular complexity index is 1310. The van der Waals surface area contributed by atoms with Crippen LogP contribution in [-0.2, 0) is 11.3 Å². The molecule has 0 saturated carbocycles. The third-order valence-electron chi connectivity index (χ3n) is 6.03. The summed E-state index contributed by atoms with van der Waals surface area (Å²) in [5.41, 5.74) is 1.89. The van der Waals surface area contributed by atoms with Crippen molar-refractivity contribution in [1.29, 1.82) is 0 Å². The third kappa shape index (κ3) is 5.20. The van der Waals surface area contributed by atoms with E-state index in [1.54, 1.807) is 39.5 Å². The molecule has 3 aromatic rings. The van der Waals surface area contributed by atoms with Gasteiger partial charge in [-0.2, -0.15) is 0 Å². The zero-order valence-electron chi connectivity index (χ0n) is 20.4. The van der Waals surface area contributed by atoms with Gasteiger partial charge in [-0.15, -0.1) is 11.3 Å². The first-order chi connectivity index (χ1) is 17.5. The first-order valence-electron chi connectivity index (χ1n) is 11.5. The molecule has 36 heavy (non-hydrogen) atoms. The lowest BCUT2D eigenvalue weighted by Crippen LogP contribution is -2.27. The van der Waals surface area contributed by atoms with Crippen molar-refractivity contribution in [2.45, 2.75) is 25.8 Å². The number of hydrogen-bond donors (Lipinski definition) is 0. The van der Waals surface area contributed by atoms with Gasteiger partial charge in [0.15, 0.2) is 16.3 Å². The Kier molecular flexibility index (Phi) is 7.89. The molecule has 190 valence electrons. The number of likely N-dealkylation sites (tertiary alicyclic amines) is 1. The molecule has 1 aliphatic rings. The van der Waals surface area contributed by atoms with E-state index in [0.717, 1.165) is 24.2 Å². The van der Waals surface area contributed by atoms with Crippen LogP contribution in [0, 0.1) is 10.1 Å². The van der Waals surface area contributed by atoms with Gasteiger partial charge in [0, 0.05) is 43.1 Å². The summed E-state index contributed by atoms with van der Waals surface area (Å²) in [4.78, 5) is 30.3. The van der Waals surface area contributed by atoms with Crippen molar-refractivity contribution >= 4 is 28.6 Å². The van der Waals surface area contributed by atoms with Gasteiger partial charge in [-0.25, -0.2) is 4.99 Å². The monoisotopic (exact) mass is 512 g/mol. The normalized spacial score (nSPS) is 13.8. The Morgan fingerprint density at radius 3 is 2.42 bits per heavy atom. The number of thiazole rings is 1. The molecular weight excluding hydrogens is 484 g/mol. The third-order valence-corrected chi connectivity index (χ3v) is 6.90. The summed E-state index contributed by atoms with van der Waals surface area (Å²) in [6, 6.07) is 10.1. The zero-order valence-corrected chi connectivity index (χ0v) is 21.2. The fourth-order valence-electron chi connectivity index (χ4n) is 4.27. The molecule has 4 rings (SSSR count). The van der Waals surface area contributed by atoms with Gasteiger partial charge in [0.1, 0.15) is 5.69 Å². The summed E-state index contributed by atoms with van der Waals surface area (Å²) in [5, 5.41) is 13.5. The van der Waals surface area contributed by atoms with Crippen LogP contribution >= 0.6 is 11.3 Å². The quantitative estimate of drug-likeness (QED) is 0.294. The molecule has 1 saturated heterocycles. The van der Waals surface area contributed by atoms with E-state index in [1.807, 2.05) is 27.0 Å². The van der Waals surface area contributed by atoms with Gasteiger partial charge in [-0.05, 0) is 31.0 Å². The molecule has 0 unspecified atom stereocenters. The molecule has 1 aliphatic heterocycles. The number of carbonyl (C=O) groups is 1. The highest BCUT2D eigenvalue weighted by Gasteiger charge is 2.21. The Morgan fingerprint density at radius 1 is 1.08 bits per heavy atom. The van der Waals surface area contributed by atoms with Gasteiger partial charge in [0.05, 0.1) is 31.9 Å². The molecule has 0 N–H and O–H groups in total. The van der Waals surface area contributed by atoms with Crippen molar-refractivity contribution in [3.63, 3.8) is 0 Å². The molecular formula is C25H28N4O6S. The van der Waals surface area contributed by atoms with Crippen molar-refractivity contribution in [2.75, 3.05) is 34.4 Å². The predicted octanol–water partition coefficient (Wildman–Crippen LogP) is 4.40. The number of aromatic nitrogens is 1. The van der Waals surface area contributed by atoms with E-state index in [-0.39, 0.29) is 17.3 Å². The molecule has 0 atom stereocenters. The lowest BCUT2D eigenvalue weighted by Gasteiger charge is -2.17. The highest BCUT2D eigenvalue weighted by Crippen LogP contribution is 2.41. The first-order valence-corrected chi connectivity index (χ1v) is 12.4. The molecule has 0 aliphatic carbocycles. The van der Waals surface area contributed by atoms with Crippen LogP contribution in [0.2, 0.25) is 0 Å². The zero-order chi connectivity index (χ0) is 25.7. The van der Waals surface area contributed by atoms with Crippen LogP contribution in [0.4, 0.5) is 11.4 Å². The number of nitrogens with zero attached hydrogens (tertiary/aromatic N) is 4. The molecule has 10 nitrogen and oxygen atoms in total. The Labute approximate surface area is 212 Å². The average molecular weight is 513 g/mol. The molecule has 1 amide bonds. The summed E-state index contributed by atoms with van der Waals surface area (Å²) < 4.78 is 18.5. The van der Waals surface area contributed by atoms with Gasteiger partial charge < -0.3 is 23.7 Å². The van der Waals surface area contributed by atoms with E-state index in [4.69, 9.17) is 14.2 Å². The molecule has 0 bridgehead atoms. The number of benzene rings is 2. The highest BCUT2D eigenvalue weighted by atomic mass is 32.1. The van der Waals surface area contributed by atoms with Crippen molar-refractivity contribution in [3.05, 3.63) is 56.7 Å². The van der Waals surface area contributed by atoms with Crippen LogP contribution in [0.3, 0.4) is 0 Å². The number of ether oxygens (including phenoxy) is 3. The fraction of sp³-hybridized carbons (Fsp3) is 0.360. The SMILES string of the molecule is COc1cc(-c2csc(=Nc3ccccc3[N+](=O)[O-])n2CCCN2CCCC2=O)cc(OC)c1OC. The summed E-state index contributed by atoms with van der Waals surface area (Å²) >= 11 is 1.39. The van der Waals surface area contributed by atoms with Crippen LogP contribution in [-0.4, -0.2) is 54.7 Å². The number of para-hydroxylation sites is 2. The van der Waals surface area contributed by atoms with Crippen LogP contribution in [0.5, 0.6) is 17.2 Å². The second-order valence-corrected chi connectivity index (χ2v) is 9.00. The maximum atomic E-state index is 12.1. The molecule has 2 heterocycles. The molecule has 0 radical (unpaired) electrons. The minimum Gasteiger partial charge on any atom is -0.493 e. The van der Waals surface area contributed by atoms with Crippen LogP contribution in [0.25, 0.3) is 11.3 Å². The van der Waals surface area contributed by atoms with Crippen molar-refractivity contribution in [2.24, 2.45) is 4.99 Å². The minimum absolute atomic E-state index is 0.0607. The van der Waals surface area contributed by atoms with Crippen molar-refractivity contribution < 1.29 is 23.9 Å². The second kappa shape index (κ2) is 11.3. The molecule has 1 fully saturated rings. The van der Waals surface area contributed by atoms with Gasteiger partial charge >= 0.3 is 0 Å². The van der Waals surface area contributed by atoms with Gasteiger partial charge in [0.25, 0.3) is 5.69 Å². The van der Waals surface area contributed by atoms with Crippen LogP contribution in [0.1, 0.15) is 19.3 Å². The largest absolute Gasteiger partial charge is 0.493 e. The molecule has 2 aromatic carbocycles. The lowest BCUT2D eigenvalue weighted by molar-refractivity contribution is -0.384. The first kappa shape index (κ1) is 25.2. The van der Waals surface area contributed by atoms with E-state index in [2.05, 4.69) is 4.99 Å². The molecule has 0 spiro atoms. The molecule has 1 aromatic heterocycles. The Hall–Kier alpha value is -3.86. The maximum Gasteiger partial charge on any atom is 0.294 e. The van der Waals surface area contributed by atoms with Gasteiger partial charge in [-0.3, -0.25) is 14.9 Å². The van der Waals surface area contributed by atoms with E-state index < -0.39 is 4.92 Å². The highest BCUT2D eigenvalue weighted by molar-refractivity contribution is 7.07. The van der Waals surface area contributed by atoms with E-state index in [1.165, 1.54) is 17.4 Å². The van der Waals surface area contributed by atoms with Crippen molar-refractivity contribution in [1.82, 2.24) is 9.47 Å². The topological polar surface area (TPSA) is 108 Å². The average Bonchev–Trinajstić information content (AvgIpc) is 3.48. The number of methoxy groups -OCH3 is 3. The fourth-order valence-corrected chi connectivity index (χ4v) is 5.22. The summed E-state index contributed by atoms with van der Waals surface area (Å²) in [6.45, 7) is 1.99. The van der Waals surface area contributed by atoms with Crippen LogP contribution < -0.4 is 19.0 Å². The predicted molar refractivity (Wildman–Crippen MR) is 136 cm³/mol. The Balaban J connectivity index is 1.79. The van der Waals surface area contributed by atoms with Crippen molar-refractivity contribution in [3.8, 4) is 28.5 Å². The second-order valence-electron chi connectivity index (χ2n) is 8.16. The van der Waals surface area contributed by atoms with E-state index in [9.17, 15) is 14.9 Å². The Morgan fingerprint density at radius 2 is 1.81 bits per heavy atom. The number of nitro benzene ring substituents is 1. The van der Waals surface area contributed by atoms with Crippen LogP contribution in [0.15, 0.2) is 46.8 Å². The number of carbonyl (C=O) groups excluding carboxylic acids is 1. The van der Waals surface area contributed by atoms with E-state index in [0.29, 0.717) is 48.0 Å². The van der Waals surface area contributed by atoms with Gasteiger partial charge in [0.2, 0.25) is 11.7 Å². The number of nitro groups is 1. The molecule has 11 heteroatoms. The minimum atomic E-state index is -0.435. The van der Waals surface area contributed by atoms with E-state index >= 15 is 0 Å². The summed E-state index contributed by atoms with van der Waals surface area (Å²) in [7, 11) is 4.67. The number of hydrogen-bond acceptors (Lipinski definition) is 8. The maximum absolute atomic E-state index is 12.1. The standard InChI is InChI=1S/C25H28N4O6S/c1-33-21-14-17(15-22(34-2)24(21)35-3)20-16-36-25(26-18-8-4-5-9-19(18)29(31)32)28(20)13-7-12-27-11-6-10-23(27)30/h4-5,8-9,14-16H,6-7,10-13H2,1-3H3. The smallest absolute Gasteiger partial charge is 0.294 e. The van der Waals surface area contributed by atoms with Gasteiger partial charge in [-0.1, -0.05) is 12.1 Å². The summed E-state index contributed by atoms with van der Waals surface area (Å²) in [6.07, 6.45) is 2.20. The number of rotatable bonds is 10.